The van der Waals surface area contributed by atoms with Gasteiger partial charge in [0.15, 0.2) is 29.1 Å². The van der Waals surface area contributed by atoms with Crippen molar-refractivity contribution in [1.82, 2.24) is 0 Å². The molecule has 23 heavy (non-hydrogen) atoms. The van der Waals surface area contributed by atoms with Crippen molar-refractivity contribution >= 4 is 11.9 Å². The number of carbonyl (C=O) groups is 1. The Balaban J connectivity index is 2.48. The number of ketones is 1. The highest BCUT2D eigenvalue weighted by atomic mass is 19.2. The molecule has 8 heteroatoms. The summed E-state index contributed by atoms with van der Waals surface area (Å²) in [4.78, 5) is 11.6. The average Bonchev–Trinajstić information content (AvgIpc) is 2.51. The fraction of sp³-hybridized carbons (Fsp3) is 0. The molecule has 2 aromatic rings. The van der Waals surface area contributed by atoms with Crippen LogP contribution in [0.2, 0.25) is 0 Å². The minimum Gasteiger partial charge on any atom is -0.289 e. The Morgan fingerprint density at radius 1 is 0.739 bits per heavy atom. The first-order valence-electron chi connectivity index (χ1n) is 5.93. The molecule has 0 aromatic heterocycles. The summed E-state index contributed by atoms with van der Waals surface area (Å²) in [6, 6.07) is 2.51. The molecule has 0 spiro atoms. The minimum atomic E-state index is -2.36. The lowest BCUT2D eigenvalue weighted by molar-refractivity contribution is 0.104. The van der Waals surface area contributed by atoms with Gasteiger partial charge in [0.2, 0.25) is 5.82 Å². The van der Waals surface area contributed by atoms with Crippen LogP contribution in [0.5, 0.6) is 0 Å². The lowest BCUT2D eigenvalue weighted by Gasteiger charge is -2.04. The van der Waals surface area contributed by atoms with Crippen LogP contribution in [0.3, 0.4) is 0 Å². The van der Waals surface area contributed by atoms with Crippen molar-refractivity contribution in [2.24, 2.45) is 0 Å². The zero-order valence-electron chi connectivity index (χ0n) is 10.9. The van der Waals surface area contributed by atoms with E-state index in [1.807, 2.05) is 0 Å². The van der Waals surface area contributed by atoms with Crippen molar-refractivity contribution in [1.29, 1.82) is 0 Å². The van der Waals surface area contributed by atoms with Crippen LogP contribution in [-0.4, -0.2) is 5.78 Å². The van der Waals surface area contributed by atoms with Crippen LogP contribution in [0.25, 0.3) is 6.08 Å². The summed E-state index contributed by atoms with van der Waals surface area (Å²) in [6.07, 6.45) is 0.560. The number of hydrogen-bond donors (Lipinski definition) is 0. The molecule has 1 nitrogen and oxygen atoms in total. The van der Waals surface area contributed by atoms with Crippen molar-refractivity contribution < 1.29 is 35.5 Å². The van der Waals surface area contributed by atoms with Gasteiger partial charge in [-0.15, -0.1) is 0 Å². The molecule has 0 amide bonds. The molecule has 0 fully saturated rings. The van der Waals surface area contributed by atoms with Crippen LogP contribution in [0.15, 0.2) is 24.3 Å². The second kappa shape index (κ2) is 6.23. The van der Waals surface area contributed by atoms with E-state index in [-0.39, 0.29) is 6.08 Å². The predicted molar refractivity (Wildman–Crippen MR) is 66.0 cm³/mol. The van der Waals surface area contributed by atoms with Gasteiger partial charge in [-0.2, -0.15) is 0 Å². The molecular weight excluding hydrogens is 329 g/mol. The fourth-order valence-corrected chi connectivity index (χ4v) is 1.74. The zero-order valence-corrected chi connectivity index (χ0v) is 10.9. The van der Waals surface area contributed by atoms with Crippen LogP contribution in [0, 0.1) is 40.7 Å². The number of benzene rings is 2. The molecule has 0 N–H and O–H groups in total. The van der Waals surface area contributed by atoms with Gasteiger partial charge in [-0.3, -0.25) is 4.79 Å². The standard InChI is InChI=1S/C15H5F7O/c16-7-2-1-3-8(17)10(7)9(23)5-4-6-11(18)13(20)15(22)14(21)12(6)19/h1-5H/b5-4+. The lowest BCUT2D eigenvalue weighted by Crippen LogP contribution is -2.05. The van der Waals surface area contributed by atoms with E-state index in [0.29, 0.717) is 6.08 Å². The first-order chi connectivity index (χ1) is 10.8. The molecule has 0 bridgehead atoms. The summed E-state index contributed by atoms with van der Waals surface area (Å²) >= 11 is 0. The Kier molecular flexibility index (Phi) is 4.53. The Bertz CT molecular complexity index is 778. The summed E-state index contributed by atoms with van der Waals surface area (Å²) in [6.45, 7) is 0. The third-order valence-electron chi connectivity index (χ3n) is 2.85. The summed E-state index contributed by atoms with van der Waals surface area (Å²) in [5.41, 5.74) is -2.42. The third-order valence-corrected chi connectivity index (χ3v) is 2.85. The van der Waals surface area contributed by atoms with Crippen molar-refractivity contribution in [2.45, 2.75) is 0 Å². The molecule has 0 atom stereocenters. The van der Waals surface area contributed by atoms with E-state index in [1.54, 1.807) is 0 Å². The second-order valence-corrected chi connectivity index (χ2v) is 4.28. The summed E-state index contributed by atoms with van der Waals surface area (Å²) in [5, 5.41) is 0. The van der Waals surface area contributed by atoms with Crippen LogP contribution >= 0.6 is 0 Å². The first-order valence-corrected chi connectivity index (χ1v) is 5.93. The van der Waals surface area contributed by atoms with Gasteiger partial charge in [0, 0.05) is 0 Å². The van der Waals surface area contributed by atoms with Crippen LogP contribution in [-0.2, 0) is 0 Å². The number of halogens is 7. The zero-order chi connectivity index (χ0) is 17.3. The average molecular weight is 334 g/mol. The van der Waals surface area contributed by atoms with Crippen molar-refractivity contribution in [3.8, 4) is 0 Å². The summed E-state index contributed by atoms with van der Waals surface area (Å²) in [7, 11) is 0. The molecule has 0 aliphatic rings. The molecule has 0 saturated carbocycles. The van der Waals surface area contributed by atoms with E-state index in [9.17, 15) is 35.5 Å². The molecule has 2 aromatic carbocycles. The number of rotatable bonds is 3. The van der Waals surface area contributed by atoms with E-state index in [0.717, 1.165) is 18.2 Å². The first kappa shape index (κ1) is 16.7. The Labute approximate surface area is 124 Å². The van der Waals surface area contributed by atoms with Gasteiger partial charge >= 0.3 is 0 Å². The molecular formula is C15H5F7O. The van der Waals surface area contributed by atoms with Crippen molar-refractivity contribution in [3.63, 3.8) is 0 Å². The van der Waals surface area contributed by atoms with Gasteiger partial charge in [0.1, 0.15) is 11.6 Å². The monoisotopic (exact) mass is 334 g/mol. The van der Waals surface area contributed by atoms with Gasteiger partial charge in [-0.1, -0.05) is 6.07 Å². The molecule has 0 unspecified atom stereocenters. The third kappa shape index (κ3) is 2.96. The van der Waals surface area contributed by atoms with E-state index in [2.05, 4.69) is 0 Å². The number of carbonyl (C=O) groups excluding carboxylic acids is 1. The quantitative estimate of drug-likeness (QED) is 0.264. The Morgan fingerprint density at radius 2 is 1.17 bits per heavy atom. The van der Waals surface area contributed by atoms with Gasteiger partial charge < -0.3 is 0 Å². The topological polar surface area (TPSA) is 17.1 Å². The molecule has 0 aliphatic carbocycles. The van der Waals surface area contributed by atoms with E-state index >= 15 is 0 Å². The normalized spacial score (nSPS) is 11.3. The Morgan fingerprint density at radius 3 is 1.65 bits per heavy atom. The van der Waals surface area contributed by atoms with Gasteiger partial charge in [-0.25, -0.2) is 30.7 Å². The maximum Gasteiger partial charge on any atom is 0.200 e. The summed E-state index contributed by atoms with van der Waals surface area (Å²) < 4.78 is 92.3. The van der Waals surface area contributed by atoms with Crippen molar-refractivity contribution in [2.75, 3.05) is 0 Å². The van der Waals surface area contributed by atoms with E-state index < -0.39 is 57.6 Å². The van der Waals surface area contributed by atoms with Crippen LogP contribution in [0.1, 0.15) is 15.9 Å². The van der Waals surface area contributed by atoms with Crippen LogP contribution in [0.4, 0.5) is 30.7 Å². The largest absolute Gasteiger partial charge is 0.289 e. The second-order valence-electron chi connectivity index (χ2n) is 4.28. The summed E-state index contributed by atoms with van der Waals surface area (Å²) in [5.74, 6) is -14.9. The molecule has 120 valence electrons. The molecule has 0 aliphatic heterocycles. The smallest absolute Gasteiger partial charge is 0.200 e. The molecule has 2 rings (SSSR count). The highest BCUT2D eigenvalue weighted by Gasteiger charge is 2.24. The lowest BCUT2D eigenvalue weighted by atomic mass is 10.1. The predicted octanol–water partition coefficient (Wildman–Crippen LogP) is 4.56. The minimum absolute atomic E-state index is 0.254. The maximum atomic E-state index is 13.4. The highest BCUT2D eigenvalue weighted by molar-refractivity contribution is 6.07. The molecule has 0 radical (unpaired) electrons. The maximum absolute atomic E-state index is 13.4. The molecule has 0 heterocycles. The number of hydrogen-bond acceptors (Lipinski definition) is 1. The van der Waals surface area contributed by atoms with E-state index in [1.165, 1.54) is 0 Å². The van der Waals surface area contributed by atoms with E-state index in [4.69, 9.17) is 0 Å². The fourth-order valence-electron chi connectivity index (χ4n) is 1.74. The Hall–Kier alpha value is -2.64. The molecule has 0 saturated heterocycles. The number of allylic oxidation sites excluding steroid dienone is 1. The van der Waals surface area contributed by atoms with Gasteiger partial charge in [-0.05, 0) is 24.3 Å². The van der Waals surface area contributed by atoms with Crippen LogP contribution < -0.4 is 0 Å². The SMILES string of the molecule is O=C(/C=C/c1c(F)c(F)c(F)c(F)c1F)c1c(F)cccc1F. The van der Waals surface area contributed by atoms with Crippen molar-refractivity contribution in [3.05, 3.63) is 76.1 Å². The highest BCUT2D eigenvalue weighted by Crippen LogP contribution is 2.24. The van der Waals surface area contributed by atoms with Gasteiger partial charge in [0.05, 0.1) is 11.1 Å². The van der Waals surface area contributed by atoms with Gasteiger partial charge in [0.25, 0.3) is 0 Å².